The van der Waals surface area contributed by atoms with Crippen LogP contribution in [0, 0.1) is 0 Å². The molecule has 1 heterocycles. The van der Waals surface area contributed by atoms with Crippen LogP contribution in [0.2, 0.25) is 0 Å². The molecule has 166 valence electrons. The highest BCUT2D eigenvalue weighted by atomic mass is 127. The number of hydrogen-bond acceptors (Lipinski definition) is 3. The Bertz CT molecular complexity index is 1030. The lowest BCUT2D eigenvalue weighted by Gasteiger charge is -2.16. The smallest absolute Gasteiger partial charge is 0.191 e. The van der Waals surface area contributed by atoms with Crippen molar-refractivity contribution in [3.05, 3.63) is 71.9 Å². The molecule has 0 amide bonds. The number of nitrogens with one attached hydrogen (secondary N) is 3. The average Bonchev–Trinajstić information content (AvgIpc) is 3.19. The fourth-order valence-electron chi connectivity index (χ4n) is 3.58. The minimum atomic E-state index is 0. The number of benzene rings is 2. The van der Waals surface area contributed by atoms with E-state index in [0.29, 0.717) is 13.0 Å². The van der Waals surface area contributed by atoms with Gasteiger partial charge in [0.25, 0.3) is 0 Å². The van der Waals surface area contributed by atoms with Gasteiger partial charge in [0.15, 0.2) is 17.5 Å². The zero-order valence-electron chi connectivity index (χ0n) is 18.3. The third kappa shape index (κ3) is 6.16. The molecule has 0 atom stereocenters. The summed E-state index contributed by atoms with van der Waals surface area (Å²) < 4.78 is 11.0. The van der Waals surface area contributed by atoms with Gasteiger partial charge in [-0.15, -0.1) is 30.6 Å². The molecule has 0 fully saturated rings. The number of rotatable bonds is 9. The number of guanidine groups is 1. The zero-order valence-corrected chi connectivity index (χ0v) is 20.7. The molecule has 3 aromatic rings. The number of H-pyrrole nitrogens is 1. The molecule has 6 nitrogen and oxygen atoms in total. The number of aromatic nitrogens is 1. The first kappa shape index (κ1) is 24.6. The lowest BCUT2D eigenvalue weighted by atomic mass is 10.1. The number of ether oxygens (including phenoxy) is 2. The minimum absolute atomic E-state index is 0. The number of para-hydroxylation sites is 1. The average molecular weight is 534 g/mol. The number of nitrogens with zero attached hydrogens (tertiary/aromatic N) is 1. The Labute approximate surface area is 201 Å². The van der Waals surface area contributed by atoms with Gasteiger partial charge < -0.3 is 25.1 Å². The Morgan fingerprint density at radius 2 is 1.94 bits per heavy atom. The Kier molecular flexibility index (Phi) is 9.71. The predicted molar refractivity (Wildman–Crippen MR) is 139 cm³/mol. The van der Waals surface area contributed by atoms with Crippen LogP contribution in [0.3, 0.4) is 0 Å². The molecule has 3 N–H and O–H groups in total. The van der Waals surface area contributed by atoms with Crippen molar-refractivity contribution >= 4 is 40.8 Å². The lowest BCUT2D eigenvalue weighted by Crippen LogP contribution is -2.37. The molecular weight excluding hydrogens is 503 g/mol. The minimum Gasteiger partial charge on any atom is -0.493 e. The van der Waals surface area contributed by atoms with Crippen LogP contribution in [0.5, 0.6) is 11.5 Å². The van der Waals surface area contributed by atoms with Crippen LogP contribution in [0.1, 0.15) is 16.7 Å². The molecule has 0 bridgehead atoms. The SMILES string of the molecule is C=CCc1cc(CNC(=NC)NCCc2c[nH]c3ccccc23)cc(OC)c1OC.I. The number of fused-ring (bicyclic) bond motifs is 1. The summed E-state index contributed by atoms with van der Waals surface area (Å²) in [6.45, 7) is 5.24. The molecular formula is C24H31IN4O2. The summed E-state index contributed by atoms with van der Waals surface area (Å²) in [5.74, 6) is 2.23. The van der Waals surface area contributed by atoms with E-state index < -0.39 is 0 Å². The summed E-state index contributed by atoms with van der Waals surface area (Å²) in [5.41, 5.74) is 4.59. The molecule has 0 unspecified atom stereocenters. The molecule has 0 saturated carbocycles. The van der Waals surface area contributed by atoms with Gasteiger partial charge in [0.1, 0.15) is 0 Å². The lowest BCUT2D eigenvalue weighted by molar-refractivity contribution is 0.352. The molecule has 2 aromatic carbocycles. The van der Waals surface area contributed by atoms with Gasteiger partial charge in [-0.3, -0.25) is 4.99 Å². The molecule has 1 aromatic heterocycles. The molecule has 0 aliphatic rings. The van der Waals surface area contributed by atoms with Crippen LogP contribution >= 0.6 is 24.0 Å². The second-order valence-electron chi connectivity index (χ2n) is 6.95. The van der Waals surface area contributed by atoms with Gasteiger partial charge in [0, 0.05) is 42.8 Å². The Morgan fingerprint density at radius 1 is 1.13 bits per heavy atom. The highest BCUT2D eigenvalue weighted by Crippen LogP contribution is 2.33. The van der Waals surface area contributed by atoms with Crippen molar-refractivity contribution < 1.29 is 9.47 Å². The Balaban J connectivity index is 0.00000341. The number of aliphatic imine (C=N–C) groups is 1. The van der Waals surface area contributed by atoms with E-state index in [1.807, 2.05) is 18.2 Å². The van der Waals surface area contributed by atoms with E-state index in [1.54, 1.807) is 21.3 Å². The van der Waals surface area contributed by atoms with Crippen LogP contribution in [-0.4, -0.2) is 38.8 Å². The first-order valence-electron chi connectivity index (χ1n) is 10.0. The van der Waals surface area contributed by atoms with Crippen LogP contribution in [0.4, 0.5) is 0 Å². The maximum atomic E-state index is 5.51. The largest absolute Gasteiger partial charge is 0.493 e. The fraction of sp³-hybridized carbons (Fsp3) is 0.292. The van der Waals surface area contributed by atoms with Crippen molar-refractivity contribution in [2.45, 2.75) is 19.4 Å². The molecule has 0 radical (unpaired) electrons. The van der Waals surface area contributed by atoms with Crippen molar-refractivity contribution in [1.82, 2.24) is 15.6 Å². The van der Waals surface area contributed by atoms with Crippen LogP contribution in [-0.2, 0) is 19.4 Å². The molecule has 0 aliphatic carbocycles. The van der Waals surface area contributed by atoms with Crippen molar-refractivity contribution in [3.63, 3.8) is 0 Å². The van der Waals surface area contributed by atoms with E-state index in [1.165, 1.54) is 16.5 Å². The van der Waals surface area contributed by atoms with Gasteiger partial charge in [-0.05, 0) is 42.2 Å². The van der Waals surface area contributed by atoms with Crippen molar-refractivity contribution in [2.75, 3.05) is 27.8 Å². The fourth-order valence-corrected chi connectivity index (χ4v) is 3.58. The highest BCUT2D eigenvalue weighted by molar-refractivity contribution is 14.0. The third-order valence-corrected chi connectivity index (χ3v) is 5.03. The summed E-state index contributed by atoms with van der Waals surface area (Å²) in [7, 11) is 5.08. The molecule has 0 aliphatic heterocycles. The third-order valence-electron chi connectivity index (χ3n) is 5.03. The number of aromatic amines is 1. The van der Waals surface area contributed by atoms with Crippen LogP contribution in [0.15, 0.2) is 60.2 Å². The number of allylic oxidation sites excluding steroid dienone is 1. The van der Waals surface area contributed by atoms with Crippen LogP contribution in [0.25, 0.3) is 10.9 Å². The van der Waals surface area contributed by atoms with Crippen LogP contribution < -0.4 is 20.1 Å². The van der Waals surface area contributed by atoms with E-state index in [-0.39, 0.29) is 24.0 Å². The summed E-state index contributed by atoms with van der Waals surface area (Å²) in [4.78, 5) is 7.65. The Hall–Kier alpha value is -2.68. The molecule has 0 saturated heterocycles. The maximum Gasteiger partial charge on any atom is 0.191 e. The van der Waals surface area contributed by atoms with Gasteiger partial charge in [0.2, 0.25) is 0 Å². The molecule has 0 spiro atoms. The van der Waals surface area contributed by atoms with Crippen molar-refractivity contribution in [1.29, 1.82) is 0 Å². The second-order valence-corrected chi connectivity index (χ2v) is 6.95. The van der Waals surface area contributed by atoms with Gasteiger partial charge in [-0.25, -0.2) is 0 Å². The van der Waals surface area contributed by atoms with Gasteiger partial charge in [-0.1, -0.05) is 24.3 Å². The number of hydrogen-bond donors (Lipinski definition) is 3. The molecule has 3 rings (SSSR count). The number of methoxy groups -OCH3 is 2. The standard InChI is InChI=1S/C24H30N4O2.HI/c1-5-8-18-13-17(14-22(29-3)23(18)30-4)15-28-24(25-2)26-12-11-19-16-27-21-10-7-6-9-20(19)21;/h5-7,9-10,13-14,16,27H,1,8,11-12,15H2,2-4H3,(H2,25,26,28);1H. The quantitative estimate of drug-likeness (QED) is 0.164. The van der Waals surface area contributed by atoms with Crippen molar-refractivity contribution in [2.24, 2.45) is 4.99 Å². The van der Waals surface area contributed by atoms with E-state index in [2.05, 4.69) is 57.7 Å². The van der Waals surface area contributed by atoms with Gasteiger partial charge >= 0.3 is 0 Å². The number of halogens is 1. The summed E-state index contributed by atoms with van der Waals surface area (Å²) in [6, 6.07) is 12.4. The summed E-state index contributed by atoms with van der Waals surface area (Å²) >= 11 is 0. The van der Waals surface area contributed by atoms with E-state index in [9.17, 15) is 0 Å². The van der Waals surface area contributed by atoms with E-state index in [0.717, 1.165) is 41.6 Å². The second kappa shape index (κ2) is 12.2. The maximum absolute atomic E-state index is 5.51. The Morgan fingerprint density at radius 3 is 2.65 bits per heavy atom. The molecule has 31 heavy (non-hydrogen) atoms. The monoisotopic (exact) mass is 534 g/mol. The van der Waals surface area contributed by atoms with Crippen molar-refractivity contribution in [3.8, 4) is 11.5 Å². The summed E-state index contributed by atoms with van der Waals surface area (Å²) in [5, 5.41) is 8.02. The first-order valence-corrected chi connectivity index (χ1v) is 10.0. The topological polar surface area (TPSA) is 70.7 Å². The normalized spacial score (nSPS) is 11.0. The first-order chi connectivity index (χ1) is 14.7. The zero-order chi connectivity index (χ0) is 21.3. The highest BCUT2D eigenvalue weighted by Gasteiger charge is 2.12. The van der Waals surface area contributed by atoms with Gasteiger partial charge in [-0.2, -0.15) is 0 Å². The van der Waals surface area contributed by atoms with Gasteiger partial charge in [0.05, 0.1) is 14.2 Å². The summed E-state index contributed by atoms with van der Waals surface area (Å²) in [6.07, 6.45) is 5.56. The van der Waals surface area contributed by atoms with E-state index >= 15 is 0 Å². The predicted octanol–water partition coefficient (Wildman–Crippen LogP) is 4.44. The van der Waals surface area contributed by atoms with E-state index in [4.69, 9.17) is 9.47 Å². The molecule has 7 heteroatoms.